The van der Waals surface area contributed by atoms with Gasteiger partial charge in [0, 0.05) is 17.9 Å². The Labute approximate surface area is 151 Å². The molecule has 0 radical (unpaired) electrons. The second-order valence-corrected chi connectivity index (χ2v) is 6.57. The molecule has 0 unspecified atom stereocenters. The number of aryl methyl sites for hydroxylation is 1. The topological polar surface area (TPSA) is 3.24 Å². The van der Waals surface area contributed by atoms with Crippen LogP contribution in [0.3, 0.4) is 0 Å². The van der Waals surface area contributed by atoms with Gasteiger partial charge in [0.05, 0.1) is 0 Å². The molecule has 0 amide bonds. The highest BCUT2D eigenvalue weighted by Crippen LogP contribution is 2.37. The number of anilines is 2. The Morgan fingerprint density at radius 3 is 2.52 bits per heavy atom. The van der Waals surface area contributed by atoms with Crippen LogP contribution in [0.2, 0.25) is 0 Å². The first-order chi connectivity index (χ1) is 12.1. The van der Waals surface area contributed by atoms with Gasteiger partial charge in [0.15, 0.2) is 0 Å². The van der Waals surface area contributed by atoms with Crippen molar-refractivity contribution in [1.82, 2.24) is 0 Å². The van der Waals surface area contributed by atoms with Crippen LogP contribution in [0.5, 0.6) is 0 Å². The minimum absolute atomic E-state index is 0.843. The zero-order valence-corrected chi connectivity index (χ0v) is 15.1. The van der Waals surface area contributed by atoms with Gasteiger partial charge in [-0.3, -0.25) is 0 Å². The van der Waals surface area contributed by atoms with E-state index in [9.17, 15) is 0 Å². The molecule has 1 aliphatic rings. The maximum atomic E-state index is 4.19. The average Bonchev–Trinajstić information content (AvgIpc) is 2.62. The molecule has 1 heterocycles. The van der Waals surface area contributed by atoms with Gasteiger partial charge >= 0.3 is 0 Å². The molecule has 0 aromatic heterocycles. The molecular weight excluding hydrogens is 302 g/mol. The minimum Gasteiger partial charge on any atom is -0.336 e. The van der Waals surface area contributed by atoms with Crippen LogP contribution >= 0.6 is 0 Å². The van der Waals surface area contributed by atoms with Crippen molar-refractivity contribution in [2.45, 2.75) is 20.3 Å². The lowest BCUT2D eigenvalue weighted by Crippen LogP contribution is -2.24. The van der Waals surface area contributed by atoms with E-state index in [2.05, 4.69) is 92.6 Å². The Morgan fingerprint density at radius 2 is 1.84 bits per heavy atom. The van der Waals surface area contributed by atoms with E-state index in [0.29, 0.717) is 0 Å². The zero-order chi connectivity index (χ0) is 17.8. The lowest BCUT2D eigenvalue weighted by molar-refractivity contribution is 1.03. The van der Waals surface area contributed by atoms with Gasteiger partial charge in [-0.25, -0.2) is 0 Å². The van der Waals surface area contributed by atoms with Crippen LogP contribution in [0.15, 0.2) is 90.6 Å². The minimum atomic E-state index is 0.843. The van der Waals surface area contributed by atoms with Crippen LogP contribution in [-0.2, 0) is 0 Å². The predicted molar refractivity (Wildman–Crippen MR) is 110 cm³/mol. The van der Waals surface area contributed by atoms with Crippen molar-refractivity contribution in [3.63, 3.8) is 0 Å². The van der Waals surface area contributed by atoms with E-state index in [1.165, 1.54) is 33.6 Å². The molecule has 2 aromatic rings. The Kier molecular flexibility index (Phi) is 5.04. The molecule has 126 valence electrons. The third kappa shape index (κ3) is 3.66. The molecule has 0 bridgehead atoms. The number of rotatable bonds is 5. The van der Waals surface area contributed by atoms with Gasteiger partial charge in [0.25, 0.3) is 0 Å². The van der Waals surface area contributed by atoms with Crippen LogP contribution < -0.4 is 4.90 Å². The van der Waals surface area contributed by atoms with E-state index in [0.717, 1.165) is 18.5 Å². The Hall–Kier alpha value is -2.80. The third-order valence-corrected chi connectivity index (χ3v) is 4.53. The highest BCUT2D eigenvalue weighted by molar-refractivity contribution is 5.81. The molecule has 0 N–H and O–H groups in total. The van der Waals surface area contributed by atoms with Crippen LogP contribution in [0.1, 0.15) is 24.5 Å². The second-order valence-electron chi connectivity index (χ2n) is 6.57. The number of hydrogen-bond donors (Lipinski definition) is 0. The molecule has 0 fully saturated rings. The number of allylic oxidation sites excluding steroid dienone is 3. The van der Waals surface area contributed by atoms with Crippen LogP contribution in [-0.4, -0.2) is 6.54 Å². The number of fused-ring (bicyclic) bond motifs is 1. The van der Waals surface area contributed by atoms with Crippen molar-refractivity contribution in [2.75, 3.05) is 11.4 Å². The first kappa shape index (κ1) is 17.0. The van der Waals surface area contributed by atoms with Gasteiger partial charge in [-0.15, -0.1) is 6.58 Å². The van der Waals surface area contributed by atoms with Crippen molar-refractivity contribution in [3.8, 4) is 0 Å². The Morgan fingerprint density at radius 1 is 1.12 bits per heavy atom. The largest absolute Gasteiger partial charge is 0.336 e. The van der Waals surface area contributed by atoms with Gasteiger partial charge in [-0.05, 0) is 61.3 Å². The number of benzene rings is 2. The van der Waals surface area contributed by atoms with Gasteiger partial charge in [0.2, 0.25) is 0 Å². The lowest BCUT2D eigenvalue weighted by atomic mass is 9.92. The summed E-state index contributed by atoms with van der Waals surface area (Å²) < 4.78 is 0. The summed E-state index contributed by atoms with van der Waals surface area (Å²) in [5, 5.41) is 0. The predicted octanol–water partition coefficient (Wildman–Crippen LogP) is 6.61. The van der Waals surface area contributed by atoms with Crippen molar-refractivity contribution in [3.05, 3.63) is 102 Å². The van der Waals surface area contributed by atoms with Gasteiger partial charge in [-0.1, -0.05) is 60.2 Å². The molecule has 1 nitrogen and oxygen atoms in total. The van der Waals surface area contributed by atoms with E-state index in [1.807, 2.05) is 6.08 Å². The van der Waals surface area contributed by atoms with E-state index in [-0.39, 0.29) is 0 Å². The highest BCUT2D eigenvalue weighted by atomic mass is 15.1. The molecule has 0 saturated heterocycles. The van der Waals surface area contributed by atoms with E-state index in [1.54, 1.807) is 0 Å². The molecule has 0 spiro atoms. The van der Waals surface area contributed by atoms with Gasteiger partial charge in [0.1, 0.15) is 0 Å². The third-order valence-electron chi connectivity index (χ3n) is 4.53. The second kappa shape index (κ2) is 7.40. The highest BCUT2D eigenvalue weighted by Gasteiger charge is 2.21. The SMILES string of the molecule is C=CC/C=C(\C(=C)C)C1=Cc2ccccc2N(c2ccc(C)cc2)C1. The van der Waals surface area contributed by atoms with E-state index < -0.39 is 0 Å². The fourth-order valence-corrected chi connectivity index (χ4v) is 3.24. The first-order valence-corrected chi connectivity index (χ1v) is 8.71. The van der Waals surface area contributed by atoms with Gasteiger partial charge in [-0.2, -0.15) is 0 Å². The number of para-hydroxylation sites is 1. The fraction of sp³-hybridized carbons (Fsp3) is 0.167. The molecule has 0 aliphatic carbocycles. The lowest BCUT2D eigenvalue weighted by Gasteiger charge is -2.32. The molecule has 2 aromatic carbocycles. The monoisotopic (exact) mass is 327 g/mol. The molecule has 0 saturated carbocycles. The van der Waals surface area contributed by atoms with Crippen molar-refractivity contribution >= 4 is 17.5 Å². The molecular formula is C24H25N. The van der Waals surface area contributed by atoms with Crippen LogP contribution in [0.25, 0.3) is 6.08 Å². The summed E-state index contributed by atoms with van der Waals surface area (Å²) in [6, 6.07) is 17.3. The summed E-state index contributed by atoms with van der Waals surface area (Å²) in [6.45, 7) is 13.1. The number of nitrogens with zero attached hydrogens (tertiary/aromatic N) is 1. The maximum absolute atomic E-state index is 4.19. The average molecular weight is 327 g/mol. The molecule has 1 aliphatic heterocycles. The summed E-state index contributed by atoms with van der Waals surface area (Å²) in [4.78, 5) is 2.38. The Bertz CT molecular complexity index is 850. The van der Waals surface area contributed by atoms with E-state index >= 15 is 0 Å². The maximum Gasteiger partial charge on any atom is 0.0488 e. The normalized spacial score (nSPS) is 13.9. The first-order valence-electron chi connectivity index (χ1n) is 8.71. The van der Waals surface area contributed by atoms with Crippen LogP contribution in [0.4, 0.5) is 11.4 Å². The quantitative estimate of drug-likeness (QED) is 0.441. The van der Waals surface area contributed by atoms with Crippen molar-refractivity contribution < 1.29 is 0 Å². The molecule has 1 heteroatoms. The molecule has 25 heavy (non-hydrogen) atoms. The Balaban J connectivity index is 2.08. The molecule has 3 rings (SSSR count). The smallest absolute Gasteiger partial charge is 0.0488 e. The van der Waals surface area contributed by atoms with Crippen molar-refractivity contribution in [2.24, 2.45) is 0 Å². The summed E-state index contributed by atoms with van der Waals surface area (Å²) in [6.07, 6.45) is 7.30. The fourth-order valence-electron chi connectivity index (χ4n) is 3.24. The van der Waals surface area contributed by atoms with Crippen LogP contribution in [0, 0.1) is 6.92 Å². The molecule has 0 atom stereocenters. The summed E-state index contributed by atoms with van der Waals surface area (Å²) in [5.74, 6) is 0. The van der Waals surface area contributed by atoms with E-state index in [4.69, 9.17) is 0 Å². The standard InChI is InChI=1S/C24H25N/c1-5-6-10-23(18(2)3)21-16-20-9-7-8-11-24(20)25(17-21)22-14-12-19(4)13-15-22/h5,7-16H,1-2,6,17H2,3-4H3/b23-10+. The zero-order valence-electron chi connectivity index (χ0n) is 15.1. The van der Waals surface area contributed by atoms with Crippen molar-refractivity contribution in [1.29, 1.82) is 0 Å². The summed E-state index contributed by atoms with van der Waals surface area (Å²) in [7, 11) is 0. The number of hydrogen-bond acceptors (Lipinski definition) is 1. The van der Waals surface area contributed by atoms with Gasteiger partial charge < -0.3 is 4.90 Å². The summed E-state index contributed by atoms with van der Waals surface area (Å²) >= 11 is 0. The summed E-state index contributed by atoms with van der Waals surface area (Å²) in [5.41, 5.74) is 8.61.